The second-order valence-corrected chi connectivity index (χ2v) is 1.54. The fourth-order valence-corrected chi connectivity index (χ4v) is 0.513. The predicted octanol–water partition coefficient (Wildman–Crippen LogP) is -3.77. The number of allylic oxidation sites excluding steroid dienone is 8. The fraction of sp³-hybridized carbons (Fsp3) is 0. The molecule has 0 aromatic rings. The third-order valence-electron chi connectivity index (χ3n) is 0.889. The summed E-state index contributed by atoms with van der Waals surface area (Å²) >= 11 is 0. The van der Waals surface area contributed by atoms with Crippen molar-refractivity contribution in [2.45, 2.75) is 0 Å². The molecule has 0 fully saturated rings. The standard InChI is InChI=1S/C8H8.2K/c1-2-4-6-8-7-5-3-1;;/h1-8H;;/q;2*+1/b2-1-,3-1?,4-2?,5-3-,6-4-,7-5?,8-6?,8-7-;;. The molecule has 0 saturated carbocycles. The van der Waals surface area contributed by atoms with Crippen molar-refractivity contribution in [2.75, 3.05) is 0 Å². The van der Waals surface area contributed by atoms with Crippen LogP contribution in [0.25, 0.3) is 0 Å². The normalized spacial score (nSPS) is 25.6. The van der Waals surface area contributed by atoms with E-state index in [4.69, 9.17) is 0 Å². The summed E-state index contributed by atoms with van der Waals surface area (Å²) in [4.78, 5) is 0. The quantitative estimate of drug-likeness (QED) is 0.338. The molecule has 0 unspecified atom stereocenters. The van der Waals surface area contributed by atoms with Crippen molar-refractivity contribution in [3.05, 3.63) is 48.6 Å². The maximum Gasteiger partial charge on any atom is 1.00 e. The monoisotopic (exact) mass is 182 g/mol. The van der Waals surface area contributed by atoms with Crippen LogP contribution in [0.2, 0.25) is 0 Å². The topological polar surface area (TPSA) is 0 Å². The van der Waals surface area contributed by atoms with E-state index in [1.807, 2.05) is 48.6 Å². The van der Waals surface area contributed by atoms with Gasteiger partial charge in [0.05, 0.1) is 0 Å². The molecule has 10 heavy (non-hydrogen) atoms. The molecular weight excluding hydrogens is 174 g/mol. The van der Waals surface area contributed by atoms with Crippen LogP contribution < -0.4 is 103 Å². The van der Waals surface area contributed by atoms with Crippen LogP contribution in [0.3, 0.4) is 0 Å². The van der Waals surface area contributed by atoms with E-state index in [-0.39, 0.29) is 103 Å². The van der Waals surface area contributed by atoms with Crippen LogP contribution in [-0.2, 0) is 0 Å². The van der Waals surface area contributed by atoms with Gasteiger partial charge < -0.3 is 0 Å². The average molecular weight is 182 g/mol. The van der Waals surface area contributed by atoms with Crippen molar-refractivity contribution >= 4 is 0 Å². The van der Waals surface area contributed by atoms with Gasteiger partial charge in [-0.2, -0.15) is 0 Å². The molecule has 2 heteroatoms. The minimum Gasteiger partial charge on any atom is -0.0623 e. The van der Waals surface area contributed by atoms with Gasteiger partial charge in [0, 0.05) is 0 Å². The predicted molar refractivity (Wildman–Crippen MR) is 36.6 cm³/mol. The average Bonchev–Trinajstić information content (AvgIpc) is 1.62. The maximum atomic E-state index is 2.00. The summed E-state index contributed by atoms with van der Waals surface area (Å²) in [7, 11) is 0. The Morgan fingerprint density at radius 2 is 0.400 bits per heavy atom. The molecule has 0 amide bonds. The van der Waals surface area contributed by atoms with E-state index in [0.717, 1.165) is 0 Å². The van der Waals surface area contributed by atoms with Gasteiger partial charge in [0.2, 0.25) is 0 Å². The van der Waals surface area contributed by atoms with Crippen molar-refractivity contribution in [3.63, 3.8) is 0 Å². The first-order valence-electron chi connectivity index (χ1n) is 2.67. The number of rotatable bonds is 0. The van der Waals surface area contributed by atoms with Gasteiger partial charge in [-0.25, -0.2) is 0 Å². The third-order valence-corrected chi connectivity index (χ3v) is 0.889. The Morgan fingerprint density at radius 3 is 0.500 bits per heavy atom. The Morgan fingerprint density at radius 1 is 0.300 bits per heavy atom. The van der Waals surface area contributed by atoms with Gasteiger partial charge in [0.25, 0.3) is 0 Å². The zero-order valence-electron chi connectivity index (χ0n) is 6.62. The van der Waals surface area contributed by atoms with Gasteiger partial charge in [-0.15, -0.1) is 0 Å². The summed E-state index contributed by atoms with van der Waals surface area (Å²) in [6.45, 7) is 0. The van der Waals surface area contributed by atoms with Crippen LogP contribution in [0.5, 0.6) is 0 Å². The second-order valence-electron chi connectivity index (χ2n) is 1.54. The summed E-state index contributed by atoms with van der Waals surface area (Å²) < 4.78 is 0. The molecule has 0 atom stereocenters. The molecule has 0 saturated heterocycles. The molecule has 1 rings (SSSR count). The molecular formula is C8H8K2+2. The number of hydrogen-bond acceptors (Lipinski definition) is 0. The van der Waals surface area contributed by atoms with Gasteiger partial charge in [-0.3, -0.25) is 0 Å². The van der Waals surface area contributed by atoms with E-state index in [1.165, 1.54) is 0 Å². The van der Waals surface area contributed by atoms with E-state index in [0.29, 0.717) is 0 Å². The molecule has 0 radical (unpaired) electrons. The molecule has 0 spiro atoms. The van der Waals surface area contributed by atoms with Gasteiger partial charge in [0.1, 0.15) is 0 Å². The molecule has 40 valence electrons. The Hall–Kier alpha value is 2.23. The molecule has 0 bridgehead atoms. The van der Waals surface area contributed by atoms with Crippen molar-refractivity contribution in [1.29, 1.82) is 0 Å². The summed E-state index contributed by atoms with van der Waals surface area (Å²) in [6, 6.07) is 0. The largest absolute Gasteiger partial charge is 1.00 e. The van der Waals surface area contributed by atoms with Crippen LogP contribution in [-0.4, -0.2) is 0 Å². The smallest absolute Gasteiger partial charge is 0.0623 e. The van der Waals surface area contributed by atoms with Gasteiger partial charge in [0.15, 0.2) is 0 Å². The summed E-state index contributed by atoms with van der Waals surface area (Å²) in [5.74, 6) is 0. The van der Waals surface area contributed by atoms with E-state index in [9.17, 15) is 0 Å². The van der Waals surface area contributed by atoms with E-state index in [1.54, 1.807) is 0 Å². The molecule has 1 aliphatic rings. The molecule has 0 nitrogen and oxygen atoms in total. The van der Waals surface area contributed by atoms with E-state index < -0.39 is 0 Å². The van der Waals surface area contributed by atoms with Crippen molar-refractivity contribution in [2.24, 2.45) is 0 Å². The van der Waals surface area contributed by atoms with Crippen molar-refractivity contribution in [1.82, 2.24) is 0 Å². The second kappa shape index (κ2) is 11.2. The Bertz CT molecular complexity index is 108. The minimum atomic E-state index is 0. The third kappa shape index (κ3) is 8.33. The van der Waals surface area contributed by atoms with Gasteiger partial charge in [-0.05, 0) is 0 Å². The molecule has 0 aliphatic heterocycles. The van der Waals surface area contributed by atoms with Crippen LogP contribution in [0.1, 0.15) is 0 Å². The van der Waals surface area contributed by atoms with E-state index >= 15 is 0 Å². The first kappa shape index (κ1) is 14.7. The zero-order valence-corrected chi connectivity index (χ0v) is 12.9. The molecule has 0 aromatic carbocycles. The summed E-state index contributed by atoms with van der Waals surface area (Å²) in [5, 5.41) is 0. The summed E-state index contributed by atoms with van der Waals surface area (Å²) in [5.41, 5.74) is 0. The van der Waals surface area contributed by atoms with Gasteiger partial charge >= 0.3 is 103 Å². The molecule has 1 aliphatic carbocycles. The van der Waals surface area contributed by atoms with Crippen LogP contribution in [0.4, 0.5) is 0 Å². The maximum absolute atomic E-state index is 2.00. The molecule has 0 aromatic heterocycles. The Balaban J connectivity index is 0. The van der Waals surface area contributed by atoms with Crippen LogP contribution in [0, 0.1) is 0 Å². The van der Waals surface area contributed by atoms with Gasteiger partial charge in [-0.1, -0.05) is 48.6 Å². The summed E-state index contributed by atoms with van der Waals surface area (Å²) in [6.07, 6.45) is 16.0. The molecule has 0 heterocycles. The minimum absolute atomic E-state index is 0. The zero-order chi connectivity index (χ0) is 5.66. The number of hydrogen-bond donors (Lipinski definition) is 0. The molecule has 0 N–H and O–H groups in total. The van der Waals surface area contributed by atoms with Crippen LogP contribution in [0.15, 0.2) is 48.6 Å². The van der Waals surface area contributed by atoms with Crippen molar-refractivity contribution < 1.29 is 103 Å². The SMILES string of the molecule is C1=C\C=C/C=C\C=C/1.[K+].[K+]. The van der Waals surface area contributed by atoms with Crippen molar-refractivity contribution in [3.8, 4) is 0 Å². The fourth-order valence-electron chi connectivity index (χ4n) is 0.513. The first-order chi connectivity index (χ1) is 4.00. The Labute approximate surface area is 147 Å². The first-order valence-corrected chi connectivity index (χ1v) is 2.67. The van der Waals surface area contributed by atoms with Crippen LogP contribution >= 0.6 is 0 Å². The van der Waals surface area contributed by atoms with E-state index in [2.05, 4.69) is 0 Å². The Kier molecular flexibility index (Phi) is 16.6.